The Labute approximate surface area is 85.3 Å². The number of allylic oxidation sites excluding steroid dienone is 9. The number of hydrogen-bond donors (Lipinski definition) is 0. The molecule has 0 aliphatic heterocycles. The lowest BCUT2D eigenvalue weighted by molar-refractivity contribution is 0.918. The molecule has 0 spiro atoms. The van der Waals surface area contributed by atoms with Crippen LogP contribution in [-0.4, -0.2) is 0 Å². The van der Waals surface area contributed by atoms with Crippen molar-refractivity contribution in [1.29, 1.82) is 0 Å². The van der Waals surface area contributed by atoms with E-state index in [4.69, 9.17) is 0 Å². The Morgan fingerprint density at radius 3 is 2.79 bits per heavy atom. The van der Waals surface area contributed by atoms with E-state index in [9.17, 15) is 0 Å². The largest absolute Gasteiger partial charge is 0.121 e. The molecular weight excluding hydrogens is 168 g/mol. The molecule has 70 valence electrons. The van der Waals surface area contributed by atoms with Gasteiger partial charge in [0.25, 0.3) is 0 Å². The molecule has 0 heterocycles. The van der Waals surface area contributed by atoms with Gasteiger partial charge in [0.15, 0.2) is 0 Å². The molecule has 0 radical (unpaired) electrons. The molecule has 14 heavy (non-hydrogen) atoms. The molecule has 0 atom stereocenters. The van der Waals surface area contributed by atoms with Crippen molar-refractivity contribution in [3.05, 3.63) is 65.0 Å². The van der Waals surface area contributed by atoms with Gasteiger partial charge in [0.05, 0.1) is 0 Å². The lowest BCUT2D eigenvalue weighted by atomic mass is 9.93. The summed E-state index contributed by atoms with van der Waals surface area (Å²) in [6, 6.07) is 0. The van der Waals surface area contributed by atoms with Gasteiger partial charge in [-0.1, -0.05) is 29.9 Å². The average Bonchev–Trinajstić information content (AvgIpc) is 2.47. The number of rotatable bonds is 1. The van der Waals surface area contributed by atoms with Crippen molar-refractivity contribution in [3.8, 4) is 0 Å². The molecule has 0 aromatic carbocycles. The molecule has 0 aromatic rings. The normalized spacial score (nSPS) is 19.9. The third-order valence-electron chi connectivity index (χ3n) is 2.56. The second-order valence-electron chi connectivity index (χ2n) is 3.69. The maximum Gasteiger partial charge on any atom is -0.0194 e. The van der Waals surface area contributed by atoms with Crippen LogP contribution in [0.5, 0.6) is 0 Å². The molecule has 0 N–H and O–H groups in total. The molecule has 0 unspecified atom stereocenters. The maximum absolute atomic E-state index is 3.07. The highest BCUT2D eigenvalue weighted by molar-refractivity contribution is 5.47. The van der Waals surface area contributed by atoms with Crippen LogP contribution in [0.2, 0.25) is 0 Å². The summed E-state index contributed by atoms with van der Waals surface area (Å²) in [7, 11) is 0. The van der Waals surface area contributed by atoms with Crippen LogP contribution in [0.15, 0.2) is 65.0 Å². The van der Waals surface area contributed by atoms with Gasteiger partial charge >= 0.3 is 0 Å². The first kappa shape index (κ1) is 9.05. The highest BCUT2D eigenvalue weighted by Gasteiger charge is 2.05. The van der Waals surface area contributed by atoms with Crippen LogP contribution in [0.25, 0.3) is 0 Å². The van der Waals surface area contributed by atoms with Gasteiger partial charge in [-0.25, -0.2) is 0 Å². The van der Waals surface area contributed by atoms with Crippen LogP contribution in [-0.2, 0) is 0 Å². The first-order chi connectivity index (χ1) is 6.86. The van der Waals surface area contributed by atoms with Crippen molar-refractivity contribution >= 4 is 0 Å². The topological polar surface area (TPSA) is 0 Å². The third kappa shape index (κ3) is 2.04. The molecule has 2 rings (SSSR count). The SMILES string of the molecule is CC1=CC=C(C2=CC=C=CC=C2)CC1. The molecule has 0 fully saturated rings. The predicted octanol–water partition coefficient (Wildman–Crippen LogP) is 3.86. The fraction of sp³-hybridized carbons (Fsp3) is 0.214. The van der Waals surface area contributed by atoms with E-state index in [0.717, 1.165) is 6.42 Å². The summed E-state index contributed by atoms with van der Waals surface area (Å²) in [5.74, 6) is 0. The molecule has 0 nitrogen and oxygen atoms in total. The van der Waals surface area contributed by atoms with Gasteiger partial charge in [0.1, 0.15) is 0 Å². The summed E-state index contributed by atoms with van der Waals surface area (Å²) in [6.07, 6.45) is 17.0. The zero-order valence-corrected chi connectivity index (χ0v) is 8.46. The molecular formula is C14H14. The molecule has 2 aliphatic carbocycles. The van der Waals surface area contributed by atoms with Crippen molar-refractivity contribution in [1.82, 2.24) is 0 Å². The minimum Gasteiger partial charge on any atom is -0.121 e. The third-order valence-corrected chi connectivity index (χ3v) is 2.56. The zero-order chi connectivity index (χ0) is 9.80. The first-order valence-electron chi connectivity index (χ1n) is 5.02. The van der Waals surface area contributed by atoms with Gasteiger partial charge in [0, 0.05) is 0 Å². The van der Waals surface area contributed by atoms with Gasteiger partial charge < -0.3 is 0 Å². The van der Waals surface area contributed by atoms with Gasteiger partial charge in [-0.3, -0.25) is 0 Å². The van der Waals surface area contributed by atoms with Crippen LogP contribution in [0.1, 0.15) is 19.8 Å². The minimum absolute atomic E-state index is 1.16. The first-order valence-corrected chi connectivity index (χ1v) is 5.02. The van der Waals surface area contributed by atoms with Crippen LogP contribution < -0.4 is 0 Å². The van der Waals surface area contributed by atoms with Gasteiger partial charge in [-0.15, -0.1) is 5.73 Å². The van der Waals surface area contributed by atoms with E-state index in [1.165, 1.54) is 23.1 Å². The molecule has 0 bridgehead atoms. The molecule has 0 heteroatoms. The van der Waals surface area contributed by atoms with Crippen LogP contribution >= 0.6 is 0 Å². The lowest BCUT2D eigenvalue weighted by Gasteiger charge is -2.12. The van der Waals surface area contributed by atoms with E-state index in [1.807, 2.05) is 18.2 Å². The zero-order valence-electron chi connectivity index (χ0n) is 8.46. The summed E-state index contributed by atoms with van der Waals surface area (Å²) < 4.78 is 0. The second kappa shape index (κ2) is 4.13. The van der Waals surface area contributed by atoms with E-state index < -0.39 is 0 Å². The molecule has 0 saturated carbocycles. The summed E-state index contributed by atoms with van der Waals surface area (Å²) >= 11 is 0. The summed E-state index contributed by atoms with van der Waals surface area (Å²) in [6.45, 7) is 2.19. The Hall–Kier alpha value is -1.52. The second-order valence-corrected chi connectivity index (χ2v) is 3.69. The summed E-state index contributed by atoms with van der Waals surface area (Å²) in [5, 5.41) is 0. The molecule has 0 aromatic heterocycles. The maximum atomic E-state index is 3.07. The molecule has 2 aliphatic rings. The van der Waals surface area contributed by atoms with Crippen molar-refractivity contribution in [2.24, 2.45) is 0 Å². The van der Waals surface area contributed by atoms with Crippen LogP contribution in [0.3, 0.4) is 0 Å². The number of hydrogen-bond acceptors (Lipinski definition) is 0. The smallest absolute Gasteiger partial charge is 0.0194 e. The Morgan fingerprint density at radius 2 is 2.00 bits per heavy atom. The fourth-order valence-electron chi connectivity index (χ4n) is 1.65. The Bertz CT molecular complexity index is 405. The van der Waals surface area contributed by atoms with Crippen molar-refractivity contribution in [2.75, 3.05) is 0 Å². The van der Waals surface area contributed by atoms with Crippen molar-refractivity contribution < 1.29 is 0 Å². The highest BCUT2D eigenvalue weighted by atomic mass is 14.1. The molecule has 0 saturated heterocycles. The Balaban J connectivity index is 2.25. The van der Waals surface area contributed by atoms with E-state index in [-0.39, 0.29) is 0 Å². The van der Waals surface area contributed by atoms with Crippen LogP contribution in [0.4, 0.5) is 0 Å². The minimum atomic E-state index is 1.16. The highest BCUT2D eigenvalue weighted by Crippen LogP contribution is 2.25. The Morgan fingerprint density at radius 1 is 1.07 bits per heavy atom. The standard InChI is InChI=1S/C14H14/c1-12-8-10-14(11-9-12)13-6-4-2-3-5-7-13/h2,4-8,10H,9,11H2,1H3. The predicted molar refractivity (Wildman–Crippen MR) is 61.0 cm³/mol. The molecule has 0 amide bonds. The lowest BCUT2D eigenvalue weighted by Crippen LogP contribution is -1.93. The summed E-state index contributed by atoms with van der Waals surface area (Å²) in [5.41, 5.74) is 7.29. The van der Waals surface area contributed by atoms with Crippen LogP contribution in [0, 0.1) is 0 Å². The van der Waals surface area contributed by atoms with E-state index >= 15 is 0 Å². The van der Waals surface area contributed by atoms with E-state index in [1.54, 1.807) is 0 Å². The quantitative estimate of drug-likeness (QED) is 0.540. The summed E-state index contributed by atoms with van der Waals surface area (Å²) in [4.78, 5) is 0. The van der Waals surface area contributed by atoms with Gasteiger partial charge in [0.2, 0.25) is 0 Å². The fourth-order valence-corrected chi connectivity index (χ4v) is 1.65. The van der Waals surface area contributed by atoms with Gasteiger partial charge in [-0.2, -0.15) is 0 Å². The van der Waals surface area contributed by atoms with Crippen molar-refractivity contribution in [3.63, 3.8) is 0 Å². The van der Waals surface area contributed by atoms with E-state index in [0.29, 0.717) is 0 Å². The van der Waals surface area contributed by atoms with Gasteiger partial charge in [-0.05, 0) is 49.1 Å². The Kier molecular flexibility index (Phi) is 2.67. The average molecular weight is 182 g/mol. The van der Waals surface area contributed by atoms with Crippen molar-refractivity contribution in [2.45, 2.75) is 19.8 Å². The monoisotopic (exact) mass is 182 g/mol. The van der Waals surface area contributed by atoms with E-state index in [2.05, 4.69) is 37.0 Å².